The summed E-state index contributed by atoms with van der Waals surface area (Å²) in [5, 5.41) is 0. The molecule has 0 aromatic carbocycles. The zero-order chi connectivity index (χ0) is 5.28. The fraction of sp³-hybridized carbons (Fsp3) is 1.00. The van der Waals surface area contributed by atoms with Crippen LogP contribution in [0.15, 0.2) is 0 Å². The number of hydrogen-bond acceptors (Lipinski definition) is 1. The zero-order valence-corrected chi connectivity index (χ0v) is 3.15. The van der Waals surface area contributed by atoms with E-state index in [1.807, 2.05) is 0 Å². The molecule has 5 heavy (non-hydrogen) atoms. The molecule has 0 aromatic heterocycles. The predicted molar refractivity (Wildman–Crippen MR) is 22.1 cm³/mol. The minimum atomic E-state index is -0.714. The molecule has 0 radical (unpaired) electrons. The lowest BCUT2D eigenvalue weighted by atomic mass is 10.3. The van der Waals surface area contributed by atoms with Crippen molar-refractivity contribution in [3.8, 4) is 0 Å². The van der Waals surface area contributed by atoms with Gasteiger partial charge >= 0.3 is 0 Å². The molecule has 0 atom stereocenters. The molecule has 1 nitrogen and oxygen atoms in total. The van der Waals surface area contributed by atoms with Gasteiger partial charge in [0.2, 0.25) is 0 Å². The molecule has 1 heterocycles. The Morgan fingerprint density at radius 3 is 2.60 bits per heavy atom. The Labute approximate surface area is 35.4 Å². The van der Waals surface area contributed by atoms with Crippen LogP contribution < -0.4 is 0 Å². The van der Waals surface area contributed by atoms with Crippen LogP contribution in [0.4, 0.5) is 0 Å². The summed E-state index contributed by atoms with van der Waals surface area (Å²) < 4.78 is 13.7. The first kappa shape index (κ1) is 1.61. The highest BCUT2D eigenvalue weighted by Gasteiger charge is 2.04. The average Bonchev–Trinajstić information content (AvgIpc) is 1.23. The normalized spacial score (nSPS) is 32.2. The smallest absolute Gasteiger partial charge is 0.0394 e. The number of nitrogens with zero attached hydrogens (tertiary/aromatic N) is 1. The number of likely N-dealkylation sites (tertiary alicyclic amines) is 1. The molecule has 1 rings (SSSR count). The summed E-state index contributed by atoms with van der Waals surface area (Å²) in [6, 6.07) is 0. The molecule has 1 aliphatic rings. The van der Waals surface area contributed by atoms with Gasteiger partial charge in [-0.2, -0.15) is 0 Å². The summed E-state index contributed by atoms with van der Waals surface area (Å²) >= 11 is 0. The average molecular weight is 73.1 g/mol. The minimum Gasteiger partial charge on any atom is -0.306 e. The molecule has 0 unspecified atom stereocenters. The molecule has 1 aliphatic heterocycles. The second-order valence-electron chi connectivity index (χ2n) is 1.39. The van der Waals surface area contributed by atoms with Crippen LogP contribution in [-0.2, 0) is 0 Å². The Morgan fingerprint density at radius 2 is 2.60 bits per heavy atom. The Hall–Kier alpha value is -0.0400. The van der Waals surface area contributed by atoms with Gasteiger partial charge in [0.05, 0.1) is 0 Å². The standard InChI is InChI=1S/C4H9N/c1-5-3-2-4-5/h2-4H2,1H3/i1D2. The van der Waals surface area contributed by atoms with Crippen molar-refractivity contribution >= 4 is 0 Å². The highest BCUT2D eigenvalue weighted by Crippen LogP contribution is 1.98. The first-order valence-electron chi connectivity index (χ1n) is 3.05. The van der Waals surface area contributed by atoms with E-state index in [9.17, 15) is 0 Å². The maximum absolute atomic E-state index is 6.83. The Morgan fingerprint density at radius 1 is 1.80 bits per heavy atom. The number of hydrogen-bond donors (Lipinski definition) is 0. The molecule has 0 bridgehead atoms. The zero-order valence-electron chi connectivity index (χ0n) is 5.15. The highest BCUT2D eigenvalue weighted by molar-refractivity contribution is 4.61. The fourth-order valence-corrected chi connectivity index (χ4v) is 0.341. The quantitative estimate of drug-likeness (QED) is 0.399. The van der Waals surface area contributed by atoms with Gasteiger partial charge < -0.3 is 4.90 Å². The van der Waals surface area contributed by atoms with E-state index in [0.29, 0.717) is 0 Å². The van der Waals surface area contributed by atoms with Crippen molar-refractivity contribution < 1.29 is 2.74 Å². The monoisotopic (exact) mass is 73.1 g/mol. The molecule has 0 N–H and O–H groups in total. The first-order chi connectivity index (χ1) is 3.30. The molecule has 1 fully saturated rings. The molecular formula is C4H9N. The van der Waals surface area contributed by atoms with Crippen molar-refractivity contribution in [1.82, 2.24) is 4.90 Å². The second kappa shape index (κ2) is 0.977. The van der Waals surface area contributed by atoms with Crippen LogP contribution in [0.5, 0.6) is 0 Å². The van der Waals surface area contributed by atoms with Crippen LogP contribution in [0.25, 0.3) is 0 Å². The maximum Gasteiger partial charge on any atom is 0.0394 e. The van der Waals surface area contributed by atoms with Crippen LogP contribution in [0.2, 0.25) is 0 Å². The lowest BCUT2D eigenvalue weighted by Crippen LogP contribution is -2.32. The Balaban J connectivity index is 2.14. The van der Waals surface area contributed by atoms with Crippen molar-refractivity contribution in [1.29, 1.82) is 0 Å². The molecule has 0 saturated carbocycles. The summed E-state index contributed by atoms with van der Waals surface area (Å²) in [6.45, 7) is 1.20. The van der Waals surface area contributed by atoms with Gasteiger partial charge in [0.1, 0.15) is 0 Å². The molecule has 0 aliphatic carbocycles. The Kier molecular flexibility index (Phi) is 0.314. The first-order valence-corrected chi connectivity index (χ1v) is 1.89. The van der Waals surface area contributed by atoms with Crippen LogP contribution in [0.3, 0.4) is 0 Å². The van der Waals surface area contributed by atoms with Crippen LogP contribution in [-0.4, -0.2) is 25.0 Å². The van der Waals surface area contributed by atoms with Crippen molar-refractivity contribution in [3.05, 3.63) is 0 Å². The topological polar surface area (TPSA) is 3.24 Å². The highest BCUT2D eigenvalue weighted by atomic mass is 15.1. The van der Waals surface area contributed by atoms with E-state index in [1.54, 1.807) is 4.90 Å². The van der Waals surface area contributed by atoms with Crippen LogP contribution >= 0.6 is 0 Å². The van der Waals surface area contributed by atoms with E-state index in [2.05, 4.69) is 0 Å². The van der Waals surface area contributed by atoms with Crippen LogP contribution in [0, 0.1) is 0 Å². The molecule has 30 valence electrons. The third-order valence-electron chi connectivity index (χ3n) is 0.891. The summed E-state index contributed by atoms with van der Waals surface area (Å²) in [5.74, 6) is 0. The summed E-state index contributed by atoms with van der Waals surface area (Å²) in [7, 11) is 0. The van der Waals surface area contributed by atoms with E-state index in [4.69, 9.17) is 2.74 Å². The van der Waals surface area contributed by atoms with Gasteiger partial charge in [0.15, 0.2) is 0 Å². The lowest BCUT2D eigenvalue weighted by Gasteiger charge is -2.24. The predicted octanol–water partition coefficient (Wildman–Crippen LogP) is 0.322. The third-order valence-corrected chi connectivity index (χ3v) is 0.891. The molecule has 0 aromatic rings. The molecule has 0 amide bonds. The summed E-state index contributed by atoms with van der Waals surface area (Å²) in [4.78, 5) is 1.81. The fourth-order valence-electron chi connectivity index (χ4n) is 0.341. The van der Waals surface area contributed by atoms with Crippen molar-refractivity contribution in [3.63, 3.8) is 0 Å². The van der Waals surface area contributed by atoms with Gasteiger partial charge in [0.25, 0.3) is 0 Å². The van der Waals surface area contributed by atoms with E-state index in [0.717, 1.165) is 13.1 Å². The van der Waals surface area contributed by atoms with Crippen molar-refractivity contribution in [2.75, 3.05) is 20.1 Å². The molecule has 1 heteroatoms. The van der Waals surface area contributed by atoms with E-state index in [1.165, 1.54) is 6.42 Å². The van der Waals surface area contributed by atoms with Crippen LogP contribution in [0.1, 0.15) is 9.16 Å². The lowest BCUT2D eigenvalue weighted by molar-refractivity contribution is 0.229. The van der Waals surface area contributed by atoms with E-state index >= 15 is 0 Å². The maximum atomic E-state index is 6.83. The van der Waals surface area contributed by atoms with Crippen molar-refractivity contribution in [2.24, 2.45) is 0 Å². The van der Waals surface area contributed by atoms with Crippen molar-refractivity contribution in [2.45, 2.75) is 6.42 Å². The molecular weight excluding hydrogens is 62.1 g/mol. The van der Waals surface area contributed by atoms with Gasteiger partial charge in [-0.05, 0) is 26.5 Å². The molecule has 0 spiro atoms. The minimum absolute atomic E-state index is 0.714. The van der Waals surface area contributed by atoms with Gasteiger partial charge in [-0.3, -0.25) is 0 Å². The summed E-state index contributed by atoms with van der Waals surface area (Å²) in [6.07, 6.45) is 1.17. The SMILES string of the molecule is [2H]C([2H])N1CCC1. The molecule has 1 saturated heterocycles. The second-order valence-corrected chi connectivity index (χ2v) is 1.39. The third kappa shape index (κ3) is 0.428. The van der Waals surface area contributed by atoms with Gasteiger partial charge in [-0.15, -0.1) is 0 Å². The summed E-state index contributed by atoms with van der Waals surface area (Å²) in [5.41, 5.74) is 0. The van der Waals surface area contributed by atoms with Gasteiger partial charge in [0, 0.05) is 2.74 Å². The van der Waals surface area contributed by atoms with E-state index < -0.39 is 7.00 Å². The Bertz CT molecular complexity index is 60.7. The van der Waals surface area contributed by atoms with Gasteiger partial charge in [-0.25, -0.2) is 0 Å². The largest absolute Gasteiger partial charge is 0.306 e. The number of rotatable bonds is 0. The van der Waals surface area contributed by atoms with Gasteiger partial charge in [-0.1, -0.05) is 0 Å². The van der Waals surface area contributed by atoms with E-state index in [-0.39, 0.29) is 0 Å².